The second-order valence-electron chi connectivity index (χ2n) is 4.47. The highest BCUT2D eigenvalue weighted by molar-refractivity contribution is 5.93. The third-order valence-electron chi connectivity index (χ3n) is 2.91. The van der Waals surface area contributed by atoms with E-state index in [2.05, 4.69) is 12.1 Å². The Bertz CT molecular complexity index is 544. The van der Waals surface area contributed by atoms with Crippen molar-refractivity contribution in [3.05, 3.63) is 77.9 Å². The van der Waals surface area contributed by atoms with Crippen LogP contribution in [-0.2, 0) is 6.54 Å². The van der Waals surface area contributed by atoms with Gasteiger partial charge in [0.15, 0.2) is 0 Å². The van der Waals surface area contributed by atoms with Gasteiger partial charge < -0.3 is 4.90 Å². The van der Waals surface area contributed by atoms with Crippen molar-refractivity contribution in [3.63, 3.8) is 0 Å². The van der Waals surface area contributed by atoms with E-state index in [1.165, 1.54) is 5.56 Å². The molecule has 0 spiro atoms. The second kappa shape index (κ2) is 6.55. The summed E-state index contributed by atoms with van der Waals surface area (Å²) >= 11 is 0. The normalized spacial score (nSPS) is 10.6. The van der Waals surface area contributed by atoms with Gasteiger partial charge in [-0.15, -0.1) is 0 Å². The summed E-state index contributed by atoms with van der Waals surface area (Å²) < 4.78 is 0. The van der Waals surface area contributed by atoms with Crippen LogP contribution in [0.15, 0.2) is 66.7 Å². The maximum absolute atomic E-state index is 8.03. The van der Waals surface area contributed by atoms with Gasteiger partial charge in [0, 0.05) is 13.6 Å². The van der Waals surface area contributed by atoms with Crippen molar-refractivity contribution in [3.8, 4) is 0 Å². The highest BCUT2D eigenvalue weighted by atomic mass is 15.1. The number of likely N-dealkylation sites (N-methyl/N-ethyl adjacent to an activating group) is 1. The molecule has 2 aromatic rings. The molecule has 0 atom stereocenters. The summed E-state index contributed by atoms with van der Waals surface area (Å²) in [6, 6.07) is 20.2. The summed E-state index contributed by atoms with van der Waals surface area (Å²) in [5.41, 5.74) is 2.32. The highest BCUT2D eigenvalue weighted by Crippen LogP contribution is 2.05. The SMILES string of the molecule is CN(Cc1ccccc1)C(=N)C=Cc1ccccc1. The van der Waals surface area contributed by atoms with E-state index >= 15 is 0 Å². The van der Waals surface area contributed by atoms with Crippen molar-refractivity contribution in [1.29, 1.82) is 5.41 Å². The summed E-state index contributed by atoms with van der Waals surface area (Å²) in [5, 5.41) is 8.03. The smallest absolute Gasteiger partial charge is 0.120 e. The van der Waals surface area contributed by atoms with Crippen LogP contribution in [0.5, 0.6) is 0 Å². The van der Waals surface area contributed by atoms with Crippen LogP contribution in [0.2, 0.25) is 0 Å². The molecule has 2 rings (SSSR count). The number of nitrogens with one attached hydrogen (secondary N) is 1. The van der Waals surface area contributed by atoms with E-state index in [4.69, 9.17) is 5.41 Å². The fourth-order valence-corrected chi connectivity index (χ4v) is 1.81. The van der Waals surface area contributed by atoms with Gasteiger partial charge in [0.1, 0.15) is 5.84 Å². The number of hydrogen-bond donors (Lipinski definition) is 1. The van der Waals surface area contributed by atoms with E-state index in [0.717, 1.165) is 12.1 Å². The topological polar surface area (TPSA) is 27.1 Å². The van der Waals surface area contributed by atoms with Crippen LogP contribution in [0.4, 0.5) is 0 Å². The number of hydrogen-bond acceptors (Lipinski definition) is 1. The zero-order chi connectivity index (χ0) is 13.5. The molecular weight excluding hydrogens is 232 g/mol. The lowest BCUT2D eigenvalue weighted by atomic mass is 10.2. The lowest BCUT2D eigenvalue weighted by molar-refractivity contribution is 0.500. The summed E-state index contributed by atoms with van der Waals surface area (Å²) in [6.07, 6.45) is 3.79. The van der Waals surface area contributed by atoms with Crippen LogP contribution in [-0.4, -0.2) is 17.8 Å². The summed E-state index contributed by atoms with van der Waals surface area (Å²) in [4.78, 5) is 1.93. The van der Waals surface area contributed by atoms with Crippen LogP contribution in [0, 0.1) is 5.41 Å². The van der Waals surface area contributed by atoms with Gasteiger partial charge in [0.05, 0.1) is 0 Å². The number of rotatable bonds is 4. The highest BCUT2D eigenvalue weighted by Gasteiger charge is 2.01. The van der Waals surface area contributed by atoms with Gasteiger partial charge in [0.2, 0.25) is 0 Å². The second-order valence-corrected chi connectivity index (χ2v) is 4.47. The molecule has 0 bridgehead atoms. The van der Waals surface area contributed by atoms with E-state index < -0.39 is 0 Å². The number of nitrogens with zero attached hydrogens (tertiary/aromatic N) is 1. The first-order valence-electron chi connectivity index (χ1n) is 6.32. The molecule has 0 radical (unpaired) electrons. The van der Waals surface area contributed by atoms with Gasteiger partial charge >= 0.3 is 0 Å². The molecule has 0 fully saturated rings. The largest absolute Gasteiger partial charge is 0.356 e. The van der Waals surface area contributed by atoms with Crippen molar-refractivity contribution in [2.45, 2.75) is 6.54 Å². The Morgan fingerprint density at radius 1 is 1.00 bits per heavy atom. The first-order chi connectivity index (χ1) is 9.25. The minimum atomic E-state index is 0.507. The third-order valence-corrected chi connectivity index (χ3v) is 2.91. The maximum Gasteiger partial charge on any atom is 0.120 e. The zero-order valence-corrected chi connectivity index (χ0v) is 11.1. The average Bonchev–Trinajstić information content (AvgIpc) is 2.47. The van der Waals surface area contributed by atoms with Crippen LogP contribution in [0.25, 0.3) is 6.08 Å². The minimum Gasteiger partial charge on any atom is -0.356 e. The first kappa shape index (κ1) is 13.1. The molecule has 0 unspecified atom stereocenters. The molecule has 0 saturated heterocycles. The first-order valence-corrected chi connectivity index (χ1v) is 6.32. The third kappa shape index (κ3) is 4.11. The Kier molecular flexibility index (Phi) is 4.51. The molecule has 0 aliphatic rings. The average molecular weight is 250 g/mol. The van der Waals surface area contributed by atoms with Gasteiger partial charge in [0.25, 0.3) is 0 Å². The Morgan fingerprint density at radius 2 is 1.58 bits per heavy atom. The van der Waals surface area contributed by atoms with E-state index in [-0.39, 0.29) is 0 Å². The maximum atomic E-state index is 8.03. The van der Waals surface area contributed by atoms with Crippen LogP contribution in [0.3, 0.4) is 0 Å². The summed E-state index contributed by atoms with van der Waals surface area (Å²) in [5.74, 6) is 0.507. The molecule has 2 aromatic carbocycles. The van der Waals surface area contributed by atoms with E-state index in [0.29, 0.717) is 5.84 Å². The molecule has 19 heavy (non-hydrogen) atoms. The van der Waals surface area contributed by atoms with Crippen molar-refractivity contribution in [1.82, 2.24) is 4.90 Å². The van der Waals surface area contributed by atoms with Crippen molar-refractivity contribution < 1.29 is 0 Å². The fourth-order valence-electron chi connectivity index (χ4n) is 1.81. The lowest BCUT2D eigenvalue weighted by Crippen LogP contribution is -2.23. The van der Waals surface area contributed by atoms with Gasteiger partial charge in [-0.25, -0.2) is 0 Å². The molecule has 1 N–H and O–H groups in total. The molecule has 2 nitrogen and oxygen atoms in total. The van der Waals surface area contributed by atoms with E-state index in [1.807, 2.05) is 72.6 Å². The van der Waals surface area contributed by atoms with Crippen molar-refractivity contribution >= 4 is 11.9 Å². The monoisotopic (exact) mass is 250 g/mol. The molecule has 96 valence electrons. The molecule has 0 amide bonds. The molecule has 0 heterocycles. The Labute approximate surface area is 114 Å². The zero-order valence-electron chi connectivity index (χ0n) is 11.1. The number of benzene rings is 2. The molecular formula is C17H18N2. The molecule has 0 saturated carbocycles. The molecule has 2 heteroatoms. The lowest BCUT2D eigenvalue weighted by Gasteiger charge is -2.17. The Balaban J connectivity index is 1.95. The predicted octanol–water partition coefficient (Wildman–Crippen LogP) is 3.81. The predicted molar refractivity (Wildman–Crippen MR) is 81.1 cm³/mol. The molecule has 0 aromatic heterocycles. The van der Waals surface area contributed by atoms with Gasteiger partial charge in [-0.2, -0.15) is 0 Å². The fraction of sp³-hybridized carbons (Fsp3) is 0.118. The van der Waals surface area contributed by atoms with E-state index in [1.54, 1.807) is 0 Å². The molecule has 0 aliphatic carbocycles. The van der Waals surface area contributed by atoms with E-state index in [9.17, 15) is 0 Å². The van der Waals surface area contributed by atoms with Gasteiger partial charge in [-0.3, -0.25) is 5.41 Å². The molecule has 0 aliphatic heterocycles. The Hall–Kier alpha value is -2.35. The minimum absolute atomic E-state index is 0.507. The van der Waals surface area contributed by atoms with Crippen molar-refractivity contribution in [2.24, 2.45) is 0 Å². The number of amidine groups is 1. The summed E-state index contributed by atoms with van der Waals surface area (Å²) in [6.45, 7) is 0.749. The quantitative estimate of drug-likeness (QED) is 0.648. The van der Waals surface area contributed by atoms with Gasteiger partial charge in [-0.05, 0) is 17.2 Å². The van der Waals surface area contributed by atoms with Gasteiger partial charge in [-0.1, -0.05) is 66.7 Å². The van der Waals surface area contributed by atoms with Crippen molar-refractivity contribution in [2.75, 3.05) is 7.05 Å². The van der Waals surface area contributed by atoms with Crippen LogP contribution < -0.4 is 0 Å². The standard InChI is InChI=1S/C17H18N2/c1-19(14-16-10-6-3-7-11-16)17(18)13-12-15-8-4-2-5-9-15/h2-13,18H,14H2,1H3. The van der Waals surface area contributed by atoms with Crippen LogP contribution in [0.1, 0.15) is 11.1 Å². The van der Waals surface area contributed by atoms with Crippen LogP contribution >= 0.6 is 0 Å². The summed E-state index contributed by atoms with van der Waals surface area (Å²) in [7, 11) is 1.94. The Morgan fingerprint density at radius 3 is 2.21 bits per heavy atom.